The molecule has 0 bridgehead atoms. The van der Waals surface area contributed by atoms with Gasteiger partial charge in [0.05, 0.1) is 25.1 Å². The van der Waals surface area contributed by atoms with Crippen LogP contribution in [0.15, 0.2) is 46.7 Å². The van der Waals surface area contributed by atoms with E-state index in [0.717, 1.165) is 4.88 Å². The fraction of sp³-hybridized carbons (Fsp3) is 0.478. The number of carbonyl (C=O) groups excluding carboxylic acids is 2. The normalized spacial score (nSPS) is 12.9. The van der Waals surface area contributed by atoms with Crippen LogP contribution in [-0.2, 0) is 26.2 Å². The maximum atomic E-state index is 13.3. The molecule has 1 atom stereocenters. The number of sulfonamides is 1. The van der Waals surface area contributed by atoms with Crippen molar-refractivity contribution in [2.75, 3.05) is 13.7 Å². The third-order valence-electron chi connectivity index (χ3n) is 4.74. The molecular weight excluding hydrogens is 462 g/mol. The number of rotatable bonds is 10. The molecule has 0 fully saturated rings. The first-order valence-electron chi connectivity index (χ1n) is 10.6. The molecule has 0 aliphatic heterocycles. The second kappa shape index (κ2) is 11.1. The Morgan fingerprint density at radius 1 is 1.12 bits per heavy atom. The molecule has 182 valence electrons. The van der Waals surface area contributed by atoms with Gasteiger partial charge in [0.15, 0.2) is 0 Å². The van der Waals surface area contributed by atoms with Crippen LogP contribution in [-0.4, -0.2) is 50.4 Å². The van der Waals surface area contributed by atoms with Crippen molar-refractivity contribution in [2.24, 2.45) is 5.92 Å². The summed E-state index contributed by atoms with van der Waals surface area (Å²) >= 11 is 1.47. The Bertz CT molecular complexity index is 1030. The highest BCUT2D eigenvalue weighted by molar-refractivity contribution is 7.89. The van der Waals surface area contributed by atoms with Crippen molar-refractivity contribution in [3.63, 3.8) is 0 Å². The number of nitrogens with one attached hydrogen (secondary N) is 2. The lowest BCUT2D eigenvalue weighted by Crippen LogP contribution is -2.56. The summed E-state index contributed by atoms with van der Waals surface area (Å²) in [6.07, 6.45) is 0. The molecule has 2 N–H and O–H groups in total. The number of ether oxygens (including phenoxy) is 1. The van der Waals surface area contributed by atoms with Gasteiger partial charge in [-0.1, -0.05) is 19.9 Å². The first-order valence-corrected chi connectivity index (χ1v) is 13.0. The van der Waals surface area contributed by atoms with Gasteiger partial charge in [-0.05, 0) is 62.4 Å². The van der Waals surface area contributed by atoms with Crippen LogP contribution in [0.4, 0.5) is 0 Å². The number of amides is 2. The van der Waals surface area contributed by atoms with Crippen molar-refractivity contribution >= 4 is 33.2 Å². The first kappa shape index (κ1) is 26.8. The lowest BCUT2D eigenvalue weighted by atomic mass is 9.99. The molecule has 33 heavy (non-hydrogen) atoms. The number of benzene rings is 1. The van der Waals surface area contributed by atoms with Gasteiger partial charge in [0.1, 0.15) is 11.8 Å². The van der Waals surface area contributed by atoms with Crippen molar-refractivity contribution in [1.29, 1.82) is 0 Å². The van der Waals surface area contributed by atoms with E-state index >= 15 is 0 Å². The van der Waals surface area contributed by atoms with E-state index in [0.29, 0.717) is 5.75 Å². The molecule has 2 amide bonds. The zero-order valence-corrected chi connectivity index (χ0v) is 21.5. The van der Waals surface area contributed by atoms with E-state index in [1.807, 2.05) is 52.1 Å². The average Bonchev–Trinajstić information content (AvgIpc) is 3.23. The maximum absolute atomic E-state index is 13.3. The second-order valence-corrected chi connectivity index (χ2v) is 11.8. The smallest absolute Gasteiger partial charge is 0.243 e. The van der Waals surface area contributed by atoms with E-state index in [1.165, 1.54) is 47.6 Å². The third kappa shape index (κ3) is 7.83. The van der Waals surface area contributed by atoms with E-state index in [9.17, 15) is 18.0 Å². The summed E-state index contributed by atoms with van der Waals surface area (Å²) in [6, 6.07) is 8.87. The van der Waals surface area contributed by atoms with Gasteiger partial charge in [-0.2, -0.15) is 0 Å². The van der Waals surface area contributed by atoms with Crippen LogP contribution in [0.2, 0.25) is 0 Å². The summed E-state index contributed by atoms with van der Waals surface area (Å²) in [7, 11) is -2.43. The summed E-state index contributed by atoms with van der Waals surface area (Å²) in [5.74, 6) is -0.421. The van der Waals surface area contributed by atoms with E-state index < -0.39 is 34.1 Å². The van der Waals surface area contributed by atoms with E-state index in [-0.39, 0.29) is 23.3 Å². The minimum atomic E-state index is -3.92. The van der Waals surface area contributed by atoms with Crippen LogP contribution < -0.4 is 14.8 Å². The van der Waals surface area contributed by atoms with E-state index in [2.05, 4.69) is 10.0 Å². The minimum absolute atomic E-state index is 0.0202. The van der Waals surface area contributed by atoms with Crippen molar-refractivity contribution < 1.29 is 22.7 Å². The van der Waals surface area contributed by atoms with Gasteiger partial charge >= 0.3 is 0 Å². The SMILES string of the molecule is COc1ccc(S(=O)(=O)NCC(=O)N(Cc2cccs2)[C@H](C(=O)NC(C)(C)C)C(C)C)cc1. The lowest BCUT2D eigenvalue weighted by Gasteiger charge is -2.35. The van der Waals surface area contributed by atoms with Crippen LogP contribution in [0.25, 0.3) is 0 Å². The Hall–Kier alpha value is -2.43. The molecule has 1 aromatic carbocycles. The topological polar surface area (TPSA) is 105 Å². The Kier molecular flexibility index (Phi) is 9.04. The molecule has 1 aromatic heterocycles. The largest absolute Gasteiger partial charge is 0.497 e. The Morgan fingerprint density at radius 3 is 2.24 bits per heavy atom. The van der Waals surface area contributed by atoms with E-state index in [4.69, 9.17) is 4.74 Å². The Balaban J connectivity index is 2.26. The number of nitrogens with zero attached hydrogens (tertiary/aromatic N) is 1. The zero-order chi connectivity index (χ0) is 24.8. The molecule has 0 radical (unpaired) electrons. The number of hydrogen-bond donors (Lipinski definition) is 2. The molecule has 0 unspecified atom stereocenters. The molecule has 0 aliphatic carbocycles. The van der Waals surface area contributed by atoms with Crippen molar-refractivity contribution in [2.45, 2.75) is 57.6 Å². The molecule has 0 aliphatic rings. The molecule has 10 heteroatoms. The maximum Gasteiger partial charge on any atom is 0.243 e. The van der Waals surface area contributed by atoms with Crippen LogP contribution in [0.3, 0.4) is 0 Å². The lowest BCUT2D eigenvalue weighted by molar-refractivity contribution is -0.142. The fourth-order valence-electron chi connectivity index (χ4n) is 3.26. The van der Waals surface area contributed by atoms with Gasteiger partial charge in [0, 0.05) is 10.4 Å². The molecule has 8 nitrogen and oxygen atoms in total. The van der Waals surface area contributed by atoms with Gasteiger partial charge in [-0.3, -0.25) is 9.59 Å². The van der Waals surface area contributed by atoms with Gasteiger partial charge in [0.25, 0.3) is 0 Å². The first-order chi connectivity index (χ1) is 15.3. The van der Waals surface area contributed by atoms with Crippen LogP contribution in [0, 0.1) is 5.92 Å². The second-order valence-electron chi connectivity index (χ2n) is 9.03. The molecule has 2 aromatic rings. The van der Waals surface area contributed by atoms with Gasteiger partial charge < -0.3 is 15.0 Å². The summed E-state index contributed by atoms with van der Waals surface area (Å²) < 4.78 is 32.8. The number of thiophene rings is 1. The van der Waals surface area contributed by atoms with Crippen LogP contribution in [0.5, 0.6) is 5.75 Å². The number of hydrogen-bond acceptors (Lipinski definition) is 6. The summed E-state index contributed by atoms with van der Waals surface area (Å²) in [5, 5.41) is 4.84. The minimum Gasteiger partial charge on any atom is -0.497 e. The predicted molar refractivity (Wildman–Crippen MR) is 130 cm³/mol. The van der Waals surface area contributed by atoms with E-state index in [1.54, 1.807) is 0 Å². The average molecular weight is 496 g/mol. The highest BCUT2D eigenvalue weighted by Gasteiger charge is 2.34. The number of methoxy groups -OCH3 is 1. The summed E-state index contributed by atoms with van der Waals surface area (Å²) in [5.41, 5.74) is -0.474. The van der Waals surface area contributed by atoms with Crippen molar-refractivity contribution in [3.05, 3.63) is 46.7 Å². The van der Waals surface area contributed by atoms with Gasteiger partial charge in [-0.15, -0.1) is 11.3 Å². The van der Waals surface area contributed by atoms with Crippen LogP contribution >= 0.6 is 11.3 Å². The Labute approximate surface area is 200 Å². The molecule has 0 saturated carbocycles. The summed E-state index contributed by atoms with van der Waals surface area (Å²) in [6.45, 7) is 9.09. The highest BCUT2D eigenvalue weighted by Crippen LogP contribution is 2.20. The predicted octanol–water partition coefficient (Wildman–Crippen LogP) is 3.00. The quantitative estimate of drug-likeness (QED) is 0.527. The molecule has 0 spiro atoms. The van der Waals surface area contributed by atoms with Gasteiger partial charge in [0.2, 0.25) is 21.8 Å². The standard InChI is InChI=1S/C23H33N3O5S2/c1-16(2)21(22(28)25-23(3,4)5)26(15-18-8-7-13-32-18)20(27)14-24-33(29,30)19-11-9-17(31-6)10-12-19/h7-13,16,21,24H,14-15H2,1-6H3,(H,25,28)/t21-/m0/s1. The number of carbonyl (C=O) groups is 2. The van der Waals surface area contributed by atoms with Crippen LogP contribution in [0.1, 0.15) is 39.5 Å². The molecular formula is C23H33N3O5S2. The molecule has 0 saturated heterocycles. The summed E-state index contributed by atoms with van der Waals surface area (Å²) in [4.78, 5) is 28.7. The highest BCUT2D eigenvalue weighted by atomic mass is 32.2. The fourth-order valence-corrected chi connectivity index (χ4v) is 4.93. The van der Waals surface area contributed by atoms with Crippen molar-refractivity contribution in [3.8, 4) is 5.75 Å². The van der Waals surface area contributed by atoms with Crippen molar-refractivity contribution in [1.82, 2.24) is 14.9 Å². The zero-order valence-electron chi connectivity index (χ0n) is 19.9. The molecule has 1 heterocycles. The van der Waals surface area contributed by atoms with Gasteiger partial charge in [-0.25, -0.2) is 13.1 Å². The Morgan fingerprint density at radius 2 is 1.76 bits per heavy atom. The third-order valence-corrected chi connectivity index (χ3v) is 7.02. The molecule has 2 rings (SSSR count). The monoisotopic (exact) mass is 495 g/mol.